The third kappa shape index (κ3) is 8.91. The zero-order valence-electron chi connectivity index (χ0n) is 16.9. The smallest absolute Gasteiger partial charge is 0.326 e. The normalized spacial score (nSPS) is 14.3. The molecule has 0 radical (unpaired) electrons. The van der Waals surface area contributed by atoms with Crippen molar-refractivity contribution in [1.82, 2.24) is 16.0 Å². The molecule has 0 bridgehead atoms. The maximum atomic E-state index is 12.6. The molecule has 1 aromatic rings. The minimum Gasteiger partial charge on any atom is -0.481 e. The van der Waals surface area contributed by atoms with E-state index in [0.29, 0.717) is 5.56 Å². The van der Waals surface area contributed by atoms with E-state index < -0.39 is 66.9 Å². The number of nitrogens with two attached hydrogens (primary N) is 1. The molecule has 0 fully saturated rings. The van der Waals surface area contributed by atoms with Crippen molar-refractivity contribution in [1.29, 1.82) is 0 Å². The van der Waals surface area contributed by atoms with Crippen LogP contribution in [-0.4, -0.2) is 81.5 Å². The van der Waals surface area contributed by atoms with E-state index in [4.69, 9.17) is 10.8 Å². The molecule has 12 nitrogen and oxygen atoms in total. The summed E-state index contributed by atoms with van der Waals surface area (Å²) in [6.45, 7) is -0.857. The van der Waals surface area contributed by atoms with Crippen LogP contribution in [0.5, 0.6) is 0 Å². The first-order chi connectivity index (χ1) is 15.1. The number of hydrogen-bond acceptors (Lipinski definition) is 8. The molecule has 0 spiro atoms. The molecule has 32 heavy (non-hydrogen) atoms. The molecule has 0 heterocycles. The SMILES string of the molecule is NC(CS)C(=O)NC(CO)C(=O)NC(CC(=O)O)C(=O)NC(Cc1ccccc1)C(=O)O. The maximum absolute atomic E-state index is 12.6. The van der Waals surface area contributed by atoms with Gasteiger partial charge in [0.1, 0.15) is 18.1 Å². The third-order valence-electron chi connectivity index (χ3n) is 4.26. The van der Waals surface area contributed by atoms with Gasteiger partial charge in [-0.1, -0.05) is 30.3 Å². The number of thiol groups is 1. The predicted octanol–water partition coefficient (Wildman–Crippen LogP) is -2.51. The lowest BCUT2D eigenvalue weighted by Crippen LogP contribution is -2.58. The Morgan fingerprint density at radius 3 is 1.91 bits per heavy atom. The molecule has 13 heteroatoms. The average Bonchev–Trinajstić information content (AvgIpc) is 2.75. The van der Waals surface area contributed by atoms with Crippen molar-refractivity contribution in [2.24, 2.45) is 5.73 Å². The van der Waals surface area contributed by atoms with E-state index in [0.717, 1.165) is 0 Å². The monoisotopic (exact) mass is 470 g/mol. The highest BCUT2D eigenvalue weighted by atomic mass is 32.1. The van der Waals surface area contributed by atoms with E-state index in [1.807, 2.05) is 0 Å². The lowest BCUT2D eigenvalue weighted by molar-refractivity contribution is -0.143. The zero-order valence-corrected chi connectivity index (χ0v) is 17.8. The summed E-state index contributed by atoms with van der Waals surface area (Å²) in [5.74, 6) is -5.73. The summed E-state index contributed by atoms with van der Waals surface area (Å²) in [5, 5.41) is 34.3. The van der Waals surface area contributed by atoms with Crippen LogP contribution in [0.3, 0.4) is 0 Å². The van der Waals surface area contributed by atoms with Crippen molar-refractivity contribution in [3.05, 3.63) is 35.9 Å². The summed E-state index contributed by atoms with van der Waals surface area (Å²) in [7, 11) is 0. The molecule has 0 aromatic heterocycles. The number of benzene rings is 1. The van der Waals surface area contributed by atoms with Crippen LogP contribution in [0.25, 0.3) is 0 Å². The van der Waals surface area contributed by atoms with Crippen LogP contribution >= 0.6 is 12.6 Å². The highest BCUT2D eigenvalue weighted by Crippen LogP contribution is 2.05. The molecule has 176 valence electrons. The van der Waals surface area contributed by atoms with Gasteiger partial charge in [0.2, 0.25) is 17.7 Å². The summed E-state index contributed by atoms with van der Waals surface area (Å²) < 4.78 is 0. The zero-order chi connectivity index (χ0) is 24.3. The number of aliphatic hydroxyl groups excluding tert-OH is 1. The number of rotatable bonds is 13. The Hall–Kier alpha value is -3.16. The van der Waals surface area contributed by atoms with Crippen LogP contribution in [0.4, 0.5) is 0 Å². The molecule has 8 N–H and O–H groups in total. The predicted molar refractivity (Wildman–Crippen MR) is 115 cm³/mol. The fourth-order valence-electron chi connectivity index (χ4n) is 2.53. The molecule has 4 atom stereocenters. The topological polar surface area (TPSA) is 208 Å². The Labute approximate surface area is 189 Å². The van der Waals surface area contributed by atoms with E-state index in [9.17, 15) is 34.2 Å². The summed E-state index contributed by atoms with van der Waals surface area (Å²) in [5.41, 5.74) is 6.10. The largest absolute Gasteiger partial charge is 0.481 e. The molecule has 0 saturated heterocycles. The lowest BCUT2D eigenvalue weighted by atomic mass is 10.0. The molecule has 4 unspecified atom stereocenters. The lowest BCUT2D eigenvalue weighted by Gasteiger charge is -2.23. The number of nitrogens with one attached hydrogen (secondary N) is 3. The van der Waals surface area contributed by atoms with Crippen molar-refractivity contribution in [3.63, 3.8) is 0 Å². The van der Waals surface area contributed by atoms with E-state index in [2.05, 4.69) is 28.6 Å². The van der Waals surface area contributed by atoms with Gasteiger partial charge in [0, 0.05) is 12.2 Å². The molecule has 0 saturated carbocycles. The van der Waals surface area contributed by atoms with Crippen LogP contribution < -0.4 is 21.7 Å². The number of aliphatic carboxylic acids is 2. The fourth-order valence-corrected chi connectivity index (χ4v) is 2.70. The summed E-state index contributed by atoms with van der Waals surface area (Å²) in [4.78, 5) is 59.5. The highest BCUT2D eigenvalue weighted by Gasteiger charge is 2.31. The Morgan fingerprint density at radius 1 is 0.875 bits per heavy atom. The van der Waals surface area contributed by atoms with Crippen molar-refractivity contribution in [2.45, 2.75) is 37.0 Å². The first-order valence-electron chi connectivity index (χ1n) is 9.46. The second-order valence-electron chi connectivity index (χ2n) is 6.78. The van der Waals surface area contributed by atoms with Crippen molar-refractivity contribution < 1.29 is 39.3 Å². The average molecular weight is 471 g/mol. The van der Waals surface area contributed by atoms with Crippen molar-refractivity contribution in [3.8, 4) is 0 Å². The summed E-state index contributed by atoms with van der Waals surface area (Å²) in [6, 6.07) is 2.78. The van der Waals surface area contributed by atoms with Gasteiger partial charge in [-0.15, -0.1) is 0 Å². The van der Waals surface area contributed by atoms with E-state index in [1.54, 1.807) is 30.3 Å². The second-order valence-corrected chi connectivity index (χ2v) is 7.15. The Bertz CT molecular complexity index is 823. The van der Waals surface area contributed by atoms with Gasteiger partial charge in [0.25, 0.3) is 0 Å². The van der Waals surface area contributed by atoms with Crippen molar-refractivity contribution >= 4 is 42.3 Å². The van der Waals surface area contributed by atoms with Crippen molar-refractivity contribution in [2.75, 3.05) is 12.4 Å². The maximum Gasteiger partial charge on any atom is 0.326 e. The van der Waals surface area contributed by atoms with Crippen LogP contribution in [-0.2, 0) is 30.4 Å². The number of carbonyl (C=O) groups is 5. The Morgan fingerprint density at radius 2 is 1.41 bits per heavy atom. The van der Waals surface area contributed by atoms with Crippen LogP contribution in [0.1, 0.15) is 12.0 Å². The standard InChI is InChI=1S/C19H26N4O8S/c20-11(9-32)16(27)23-14(8-24)18(29)21-12(7-15(25)26)17(28)22-13(19(30)31)6-10-4-2-1-3-5-10/h1-5,11-14,24,32H,6-9,20H2,(H,21,29)(H,22,28)(H,23,27)(H,25,26)(H,30,31). The van der Waals surface area contributed by atoms with Crippen LogP contribution in [0.2, 0.25) is 0 Å². The number of carbonyl (C=O) groups excluding carboxylic acids is 3. The third-order valence-corrected chi connectivity index (χ3v) is 4.65. The molecule has 0 aliphatic heterocycles. The number of hydrogen-bond donors (Lipinski definition) is 8. The van der Waals surface area contributed by atoms with Gasteiger partial charge < -0.3 is 37.0 Å². The molecular formula is C19H26N4O8S. The first kappa shape index (κ1) is 26.9. The van der Waals surface area contributed by atoms with E-state index in [-0.39, 0.29) is 12.2 Å². The molecule has 3 amide bonds. The van der Waals surface area contributed by atoms with Gasteiger partial charge in [-0.05, 0) is 5.56 Å². The van der Waals surface area contributed by atoms with Gasteiger partial charge >= 0.3 is 11.9 Å². The molecule has 1 rings (SSSR count). The highest BCUT2D eigenvalue weighted by molar-refractivity contribution is 7.80. The number of carboxylic acids is 2. The Balaban J connectivity index is 2.91. The van der Waals surface area contributed by atoms with Crippen LogP contribution in [0.15, 0.2) is 30.3 Å². The number of amides is 3. The Kier molecular flexibility index (Phi) is 11.2. The van der Waals surface area contributed by atoms with Crippen LogP contribution in [0, 0.1) is 0 Å². The summed E-state index contributed by atoms with van der Waals surface area (Å²) in [6.07, 6.45) is -0.940. The van der Waals surface area contributed by atoms with E-state index >= 15 is 0 Å². The second kappa shape index (κ2) is 13.3. The van der Waals surface area contributed by atoms with Gasteiger partial charge in [0.15, 0.2) is 0 Å². The van der Waals surface area contributed by atoms with Gasteiger partial charge in [-0.3, -0.25) is 19.2 Å². The molecule has 0 aliphatic rings. The molecule has 1 aromatic carbocycles. The minimum atomic E-state index is -1.66. The molecular weight excluding hydrogens is 444 g/mol. The quantitative estimate of drug-likeness (QED) is 0.143. The number of aliphatic hydroxyl groups is 1. The van der Waals surface area contributed by atoms with Gasteiger partial charge in [-0.25, -0.2) is 4.79 Å². The fraction of sp³-hybridized carbons (Fsp3) is 0.421. The number of carboxylic acid groups (broad SMARTS) is 2. The first-order valence-corrected chi connectivity index (χ1v) is 10.1. The minimum absolute atomic E-state index is 0.0341. The summed E-state index contributed by atoms with van der Waals surface area (Å²) >= 11 is 3.85. The van der Waals surface area contributed by atoms with Gasteiger partial charge in [-0.2, -0.15) is 12.6 Å². The van der Waals surface area contributed by atoms with E-state index in [1.165, 1.54) is 0 Å². The molecule has 0 aliphatic carbocycles. The van der Waals surface area contributed by atoms with Gasteiger partial charge in [0.05, 0.1) is 19.1 Å².